The predicted octanol–water partition coefficient (Wildman–Crippen LogP) is 0.278. The molecule has 5 nitrogen and oxygen atoms in total. The standard InChI is InChI=1S/C11H16BNO4/c1-3-13(12(16)17)11(2,10(14)15)9-7-5-4-6-8-9/h4-8,16-17H,3H2,1-2H3,(H,14,15). The van der Waals surface area contributed by atoms with Gasteiger partial charge in [-0.15, -0.1) is 0 Å². The molecule has 1 aromatic carbocycles. The van der Waals surface area contributed by atoms with Gasteiger partial charge in [-0.25, -0.2) is 4.79 Å². The van der Waals surface area contributed by atoms with E-state index in [0.717, 1.165) is 4.81 Å². The second-order valence-electron chi connectivity index (χ2n) is 3.88. The van der Waals surface area contributed by atoms with Crippen molar-refractivity contribution < 1.29 is 19.9 Å². The quantitative estimate of drug-likeness (QED) is 0.641. The van der Waals surface area contributed by atoms with Gasteiger partial charge in [0.05, 0.1) is 0 Å². The van der Waals surface area contributed by atoms with Gasteiger partial charge in [0, 0.05) is 0 Å². The van der Waals surface area contributed by atoms with Gasteiger partial charge in [-0.3, -0.25) is 4.81 Å². The van der Waals surface area contributed by atoms with Crippen LogP contribution in [0.15, 0.2) is 30.3 Å². The van der Waals surface area contributed by atoms with Crippen molar-refractivity contribution in [3.63, 3.8) is 0 Å². The van der Waals surface area contributed by atoms with Crippen molar-refractivity contribution in [2.75, 3.05) is 6.54 Å². The zero-order chi connectivity index (χ0) is 13.1. The molecule has 0 aromatic heterocycles. The molecule has 0 amide bonds. The van der Waals surface area contributed by atoms with Crippen LogP contribution in [0.2, 0.25) is 0 Å². The van der Waals surface area contributed by atoms with Crippen molar-refractivity contribution in [1.82, 2.24) is 4.81 Å². The summed E-state index contributed by atoms with van der Waals surface area (Å²) in [5.41, 5.74) is -0.966. The summed E-state index contributed by atoms with van der Waals surface area (Å²) in [7, 11) is -1.82. The molecule has 0 spiro atoms. The summed E-state index contributed by atoms with van der Waals surface area (Å²) < 4.78 is 0. The largest absolute Gasteiger partial charge is 0.553 e. The minimum Gasteiger partial charge on any atom is -0.480 e. The first kappa shape index (κ1) is 13.7. The minimum absolute atomic E-state index is 0.204. The second kappa shape index (κ2) is 5.31. The third-order valence-electron chi connectivity index (χ3n) is 2.95. The van der Waals surface area contributed by atoms with Crippen molar-refractivity contribution >= 4 is 13.2 Å². The molecule has 17 heavy (non-hydrogen) atoms. The molecular weight excluding hydrogens is 221 g/mol. The lowest BCUT2D eigenvalue weighted by Crippen LogP contribution is -2.56. The van der Waals surface area contributed by atoms with Crippen LogP contribution < -0.4 is 0 Å². The number of carboxylic acid groups (broad SMARTS) is 1. The smallest absolute Gasteiger partial charge is 0.480 e. The molecule has 0 saturated heterocycles. The van der Waals surface area contributed by atoms with E-state index in [9.17, 15) is 19.9 Å². The summed E-state index contributed by atoms with van der Waals surface area (Å²) in [6, 6.07) is 8.51. The maximum Gasteiger partial charge on any atom is 0.553 e. The summed E-state index contributed by atoms with van der Waals surface area (Å²) in [6.07, 6.45) is 0. The van der Waals surface area contributed by atoms with Crippen molar-refractivity contribution in [2.45, 2.75) is 19.4 Å². The molecule has 0 bridgehead atoms. The number of likely N-dealkylation sites (N-methyl/N-ethyl adjacent to an activating group) is 1. The Labute approximate surface area is 100 Å². The van der Waals surface area contributed by atoms with Crippen molar-refractivity contribution in [3.8, 4) is 0 Å². The van der Waals surface area contributed by atoms with E-state index >= 15 is 0 Å². The third kappa shape index (κ3) is 2.49. The van der Waals surface area contributed by atoms with Crippen molar-refractivity contribution in [2.24, 2.45) is 0 Å². The summed E-state index contributed by atoms with van der Waals surface area (Å²) in [5, 5.41) is 27.9. The average molecular weight is 237 g/mol. The molecule has 1 rings (SSSR count). The highest BCUT2D eigenvalue weighted by Crippen LogP contribution is 2.28. The van der Waals surface area contributed by atoms with Gasteiger partial charge in [-0.05, 0) is 19.0 Å². The first-order valence-corrected chi connectivity index (χ1v) is 5.36. The lowest BCUT2D eigenvalue weighted by molar-refractivity contribution is -0.149. The average Bonchev–Trinajstić information content (AvgIpc) is 2.30. The monoisotopic (exact) mass is 237 g/mol. The first-order valence-electron chi connectivity index (χ1n) is 5.36. The van der Waals surface area contributed by atoms with E-state index < -0.39 is 18.8 Å². The van der Waals surface area contributed by atoms with Gasteiger partial charge in [0.1, 0.15) is 5.54 Å². The normalized spacial score (nSPS) is 14.4. The number of benzene rings is 1. The number of hydrogen-bond donors (Lipinski definition) is 3. The van der Waals surface area contributed by atoms with Crippen LogP contribution in [0.1, 0.15) is 19.4 Å². The number of hydrogen-bond acceptors (Lipinski definition) is 4. The molecule has 0 aliphatic rings. The fraction of sp³-hybridized carbons (Fsp3) is 0.364. The van der Waals surface area contributed by atoms with Crippen LogP contribution in [-0.4, -0.2) is 39.7 Å². The Kier molecular flexibility index (Phi) is 4.28. The highest BCUT2D eigenvalue weighted by molar-refractivity contribution is 6.38. The van der Waals surface area contributed by atoms with Gasteiger partial charge in [0.2, 0.25) is 0 Å². The first-order chi connectivity index (χ1) is 7.94. The Morgan fingerprint density at radius 2 is 1.88 bits per heavy atom. The van der Waals surface area contributed by atoms with Gasteiger partial charge in [0.25, 0.3) is 0 Å². The van der Waals surface area contributed by atoms with E-state index in [1.54, 1.807) is 37.3 Å². The molecule has 1 atom stereocenters. The number of aliphatic carboxylic acids is 1. The Balaban J connectivity index is 3.27. The van der Waals surface area contributed by atoms with E-state index in [4.69, 9.17) is 0 Å². The molecule has 3 N–H and O–H groups in total. The van der Waals surface area contributed by atoms with E-state index in [0.29, 0.717) is 5.56 Å². The number of nitrogens with zero attached hydrogens (tertiary/aromatic N) is 1. The second-order valence-corrected chi connectivity index (χ2v) is 3.88. The molecule has 0 aliphatic carbocycles. The minimum atomic E-state index is -1.82. The maximum absolute atomic E-state index is 11.5. The van der Waals surface area contributed by atoms with Crippen LogP contribution in [-0.2, 0) is 10.3 Å². The Hall–Kier alpha value is -1.37. The molecule has 6 heteroatoms. The summed E-state index contributed by atoms with van der Waals surface area (Å²) in [5.74, 6) is -1.13. The molecule has 1 unspecified atom stereocenters. The molecule has 0 radical (unpaired) electrons. The fourth-order valence-corrected chi connectivity index (χ4v) is 1.89. The number of carbonyl (C=O) groups is 1. The van der Waals surface area contributed by atoms with Crippen molar-refractivity contribution in [3.05, 3.63) is 35.9 Å². The van der Waals surface area contributed by atoms with Gasteiger partial charge < -0.3 is 15.2 Å². The lowest BCUT2D eigenvalue weighted by atomic mass is 9.84. The Morgan fingerprint density at radius 1 is 1.35 bits per heavy atom. The highest BCUT2D eigenvalue weighted by Gasteiger charge is 2.45. The van der Waals surface area contributed by atoms with Crippen LogP contribution in [0.4, 0.5) is 0 Å². The van der Waals surface area contributed by atoms with Crippen LogP contribution in [0.5, 0.6) is 0 Å². The van der Waals surface area contributed by atoms with Crippen LogP contribution in [0.3, 0.4) is 0 Å². The molecule has 0 fully saturated rings. The maximum atomic E-state index is 11.5. The van der Waals surface area contributed by atoms with E-state index in [1.165, 1.54) is 6.92 Å². The van der Waals surface area contributed by atoms with Gasteiger partial charge in [-0.1, -0.05) is 37.3 Å². The van der Waals surface area contributed by atoms with Crippen LogP contribution in [0, 0.1) is 0 Å². The molecule has 1 aromatic rings. The van der Waals surface area contributed by atoms with Gasteiger partial charge in [-0.2, -0.15) is 0 Å². The van der Waals surface area contributed by atoms with Crippen molar-refractivity contribution in [1.29, 1.82) is 0 Å². The predicted molar refractivity (Wildman–Crippen MR) is 64.0 cm³/mol. The fourth-order valence-electron chi connectivity index (χ4n) is 1.89. The molecule has 0 heterocycles. The molecular formula is C11H16BNO4. The SMILES string of the molecule is CCN(B(O)O)C(C)(C(=O)O)c1ccccc1. The molecule has 0 saturated carbocycles. The van der Waals surface area contributed by atoms with Crippen LogP contribution in [0.25, 0.3) is 0 Å². The summed E-state index contributed by atoms with van der Waals surface area (Å²) in [4.78, 5) is 12.6. The topological polar surface area (TPSA) is 81.0 Å². The van der Waals surface area contributed by atoms with E-state index in [1.807, 2.05) is 0 Å². The zero-order valence-corrected chi connectivity index (χ0v) is 9.87. The number of rotatable bonds is 5. The van der Waals surface area contributed by atoms with Gasteiger partial charge >= 0.3 is 13.2 Å². The van der Waals surface area contributed by atoms with Crippen LogP contribution >= 0.6 is 0 Å². The molecule has 92 valence electrons. The van der Waals surface area contributed by atoms with Gasteiger partial charge in [0.15, 0.2) is 0 Å². The van der Waals surface area contributed by atoms with E-state index in [-0.39, 0.29) is 6.54 Å². The number of carboxylic acids is 1. The third-order valence-corrected chi connectivity index (χ3v) is 2.95. The Morgan fingerprint density at radius 3 is 2.24 bits per heavy atom. The lowest BCUT2D eigenvalue weighted by Gasteiger charge is -2.37. The Bertz CT molecular complexity index is 384. The van der Waals surface area contributed by atoms with E-state index in [2.05, 4.69) is 0 Å². The zero-order valence-electron chi connectivity index (χ0n) is 9.87. The summed E-state index contributed by atoms with van der Waals surface area (Å²) in [6.45, 7) is 3.33. The highest BCUT2D eigenvalue weighted by atomic mass is 16.4. The summed E-state index contributed by atoms with van der Waals surface area (Å²) >= 11 is 0. The molecule has 0 aliphatic heterocycles.